The first-order chi connectivity index (χ1) is 8.33. The van der Waals surface area contributed by atoms with E-state index in [1.54, 1.807) is 6.26 Å². The average molecular weight is 241 g/mol. The molecule has 1 aromatic heterocycles. The summed E-state index contributed by atoms with van der Waals surface area (Å²) in [4.78, 5) is 0. The SMILES string of the molecule is CCCNC(c1ccco1)C(OCC)OCC. The van der Waals surface area contributed by atoms with E-state index in [2.05, 4.69) is 12.2 Å². The lowest BCUT2D eigenvalue weighted by atomic mass is 10.2. The van der Waals surface area contributed by atoms with E-state index in [9.17, 15) is 0 Å². The number of rotatable bonds is 9. The summed E-state index contributed by atoms with van der Waals surface area (Å²) in [5.74, 6) is 0.852. The largest absolute Gasteiger partial charge is 0.467 e. The molecule has 0 amide bonds. The summed E-state index contributed by atoms with van der Waals surface area (Å²) in [6, 6.07) is 3.77. The second kappa shape index (κ2) is 8.28. The van der Waals surface area contributed by atoms with Crippen molar-refractivity contribution in [3.63, 3.8) is 0 Å². The van der Waals surface area contributed by atoms with Gasteiger partial charge in [0, 0.05) is 13.2 Å². The third kappa shape index (κ3) is 4.50. The summed E-state index contributed by atoms with van der Waals surface area (Å²) < 4.78 is 16.7. The predicted octanol–water partition coefficient (Wildman–Crippen LogP) is 2.72. The molecule has 1 aromatic rings. The third-order valence-corrected chi connectivity index (χ3v) is 2.40. The summed E-state index contributed by atoms with van der Waals surface area (Å²) in [5, 5.41) is 3.40. The minimum absolute atomic E-state index is 0.0511. The summed E-state index contributed by atoms with van der Waals surface area (Å²) >= 11 is 0. The first-order valence-corrected chi connectivity index (χ1v) is 6.33. The predicted molar refractivity (Wildman–Crippen MR) is 66.8 cm³/mol. The fraction of sp³-hybridized carbons (Fsp3) is 0.692. The van der Waals surface area contributed by atoms with Crippen molar-refractivity contribution in [1.29, 1.82) is 0 Å². The van der Waals surface area contributed by atoms with Gasteiger partial charge in [-0.1, -0.05) is 6.92 Å². The molecular formula is C13H23NO3. The van der Waals surface area contributed by atoms with Crippen molar-refractivity contribution in [1.82, 2.24) is 5.32 Å². The summed E-state index contributed by atoms with van der Waals surface area (Å²) in [6.07, 6.45) is 2.43. The van der Waals surface area contributed by atoms with E-state index in [1.807, 2.05) is 26.0 Å². The lowest BCUT2D eigenvalue weighted by molar-refractivity contribution is -0.157. The fourth-order valence-electron chi connectivity index (χ4n) is 1.67. The highest BCUT2D eigenvalue weighted by Crippen LogP contribution is 2.21. The van der Waals surface area contributed by atoms with Gasteiger partial charge in [-0.2, -0.15) is 0 Å². The Labute approximate surface area is 103 Å². The maximum atomic E-state index is 5.62. The second-order valence-electron chi connectivity index (χ2n) is 3.73. The van der Waals surface area contributed by atoms with Crippen molar-refractivity contribution >= 4 is 0 Å². The van der Waals surface area contributed by atoms with Crippen LogP contribution in [0.3, 0.4) is 0 Å². The number of hydrogen-bond donors (Lipinski definition) is 1. The molecule has 0 saturated heterocycles. The highest BCUT2D eigenvalue weighted by atomic mass is 16.7. The lowest BCUT2D eigenvalue weighted by Crippen LogP contribution is -2.36. The summed E-state index contributed by atoms with van der Waals surface area (Å²) in [6.45, 7) is 8.20. The van der Waals surface area contributed by atoms with Gasteiger partial charge in [-0.3, -0.25) is 0 Å². The van der Waals surface area contributed by atoms with E-state index in [-0.39, 0.29) is 12.3 Å². The Morgan fingerprint density at radius 2 is 1.94 bits per heavy atom. The zero-order valence-electron chi connectivity index (χ0n) is 10.9. The van der Waals surface area contributed by atoms with Crippen LogP contribution < -0.4 is 5.32 Å². The molecule has 0 aliphatic rings. The summed E-state index contributed by atoms with van der Waals surface area (Å²) in [5.41, 5.74) is 0. The van der Waals surface area contributed by atoms with Crippen LogP contribution in [0.15, 0.2) is 22.8 Å². The standard InChI is InChI=1S/C13H23NO3/c1-4-9-14-12(11-8-7-10-17-11)13(15-5-2)16-6-3/h7-8,10,12-14H,4-6,9H2,1-3H3. The highest BCUT2D eigenvalue weighted by molar-refractivity contribution is 5.05. The Kier molecular flexibility index (Phi) is 6.93. The molecule has 1 unspecified atom stereocenters. The highest BCUT2D eigenvalue weighted by Gasteiger charge is 2.25. The Morgan fingerprint density at radius 1 is 1.24 bits per heavy atom. The molecule has 1 N–H and O–H groups in total. The fourth-order valence-corrected chi connectivity index (χ4v) is 1.67. The van der Waals surface area contributed by atoms with Crippen molar-refractivity contribution in [2.24, 2.45) is 0 Å². The topological polar surface area (TPSA) is 43.6 Å². The number of ether oxygens (including phenoxy) is 2. The van der Waals surface area contributed by atoms with E-state index in [0.717, 1.165) is 18.7 Å². The molecule has 0 aromatic carbocycles. The van der Waals surface area contributed by atoms with Crippen LogP contribution in [-0.2, 0) is 9.47 Å². The van der Waals surface area contributed by atoms with Crippen LogP contribution in [0.2, 0.25) is 0 Å². The zero-order valence-corrected chi connectivity index (χ0v) is 10.9. The normalized spacial score (nSPS) is 13.2. The molecular weight excluding hydrogens is 218 g/mol. The molecule has 4 nitrogen and oxygen atoms in total. The molecule has 98 valence electrons. The number of nitrogens with one attached hydrogen (secondary N) is 1. The first-order valence-electron chi connectivity index (χ1n) is 6.33. The molecule has 0 bridgehead atoms. The van der Waals surface area contributed by atoms with Crippen LogP contribution in [0.1, 0.15) is 39.0 Å². The van der Waals surface area contributed by atoms with Crippen LogP contribution in [0.25, 0.3) is 0 Å². The quantitative estimate of drug-likeness (QED) is 0.675. The van der Waals surface area contributed by atoms with E-state index in [0.29, 0.717) is 13.2 Å². The van der Waals surface area contributed by atoms with Crippen LogP contribution in [0.5, 0.6) is 0 Å². The zero-order chi connectivity index (χ0) is 12.5. The van der Waals surface area contributed by atoms with Gasteiger partial charge in [0.15, 0.2) is 6.29 Å². The Bertz CT molecular complexity index is 268. The minimum Gasteiger partial charge on any atom is -0.467 e. The summed E-state index contributed by atoms with van der Waals surface area (Å²) in [7, 11) is 0. The van der Waals surface area contributed by atoms with E-state index < -0.39 is 0 Å². The number of furan rings is 1. The van der Waals surface area contributed by atoms with Crippen LogP contribution in [0.4, 0.5) is 0 Å². The monoisotopic (exact) mass is 241 g/mol. The van der Waals surface area contributed by atoms with Gasteiger partial charge < -0.3 is 19.2 Å². The van der Waals surface area contributed by atoms with Crippen molar-refractivity contribution in [3.8, 4) is 0 Å². The van der Waals surface area contributed by atoms with Gasteiger partial charge >= 0.3 is 0 Å². The van der Waals surface area contributed by atoms with Crippen molar-refractivity contribution in [2.75, 3.05) is 19.8 Å². The molecule has 0 aliphatic carbocycles. The van der Waals surface area contributed by atoms with Crippen LogP contribution >= 0.6 is 0 Å². The van der Waals surface area contributed by atoms with E-state index in [4.69, 9.17) is 13.9 Å². The van der Waals surface area contributed by atoms with Gasteiger partial charge in [0.25, 0.3) is 0 Å². The van der Waals surface area contributed by atoms with Crippen LogP contribution in [-0.4, -0.2) is 26.0 Å². The first kappa shape index (κ1) is 14.2. The maximum Gasteiger partial charge on any atom is 0.179 e. The van der Waals surface area contributed by atoms with Gasteiger partial charge in [-0.25, -0.2) is 0 Å². The molecule has 1 heterocycles. The Balaban J connectivity index is 2.71. The molecule has 17 heavy (non-hydrogen) atoms. The van der Waals surface area contributed by atoms with Gasteiger partial charge in [0.05, 0.1) is 6.26 Å². The molecule has 0 radical (unpaired) electrons. The third-order valence-electron chi connectivity index (χ3n) is 2.40. The molecule has 0 spiro atoms. The molecule has 0 fully saturated rings. The number of hydrogen-bond acceptors (Lipinski definition) is 4. The molecule has 1 atom stereocenters. The van der Waals surface area contributed by atoms with Gasteiger partial charge in [-0.05, 0) is 38.9 Å². The van der Waals surface area contributed by atoms with Crippen molar-refractivity contribution < 1.29 is 13.9 Å². The van der Waals surface area contributed by atoms with E-state index in [1.165, 1.54) is 0 Å². The maximum absolute atomic E-state index is 5.62. The molecule has 4 heteroatoms. The second-order valence-corrected chi connectivity index (χ2v) is 3.73. The van der Waals surface area contributed by atoms with Gasteiger partial charge in [-0.15, -0.1) is 0 Å². The average Bonchev–Trinajstić information content (AvgIpc) is 2.84. The Morgan fingerprint density at radius 3 is 2.41 bits per heavy atom. The molecule has 0 saturated carbocycles. The van der Waals surface area contributed by atoms with Gasteiger partial charge in [0.1, 0.15) is 11.8 Å². The minimum atomic E-state index is -0.303. The smallest absolute Gasteiger partial charge is 0.179 e. The van der Waals surface area contributed by atoms with Gasteiger partial charge in [0.2, 0.25) is 0 Å². The molecule has 0 aliphatic heterocycles. The Hall–Kier alpha value is -0.840. The van der Waals surface area contributed by atoms with Crippen molar-refractivity contribution in [2.45, 2.75) is 39.5 Å². The molecule has 1 rings (SSSR count). The lowest BCUT2D eigenvalue weighted by Gasteiger charge is -2.26. The van der Waals surface area contributed by atoms with E-state index >= 15 is 0 Å². The van der Waals surface area contributed by atoms with Crippen LogP contribution in [0, 0.1) is 0 Å². The van der Waals surface area contributed by atoms with Crippen molar-refractivity contribution in [3.05, 3.63) is 24.2 Å².